The Morgan fingerprint density at radius 2 is 1.73 bits per heavy atom. The van der Waals surface area contributed by atoms with Crippen LogP contribution in [0.4, 0.5) is 0 Å². The molecule has 4 rings (SSSR count). The van der Waals surface area contributed by atoms with Crippen molar-refractivity contribution in [2.24, 2.45) is 0 Å². The van der Waals surface area contributed by atoms with Crippen molar-refractivity contribution in [2.45, 2.75) is 46.6 Å². The van der Waals surface area contributed by atoms with Crippen LogP contribution in [0.2, 0.25) is 0 Å². The highest BCUT2D eigenvalue weighted by Gasteiger charge is 2.28. The summed E-state index contributed by atoms with van der Waals surface area (Å²) in [5, 5.41) is 3.38. The summed E-state index contributed by atoms with van der Waals surface area (Å²) in [6, 6.07) is 13.3. The third-order valence-electron chi connectivity index (χ3n) is 6.44. The Bertz CT molecular complexity index is 1050. The molecule has 4 nitrogen and oxygen atoms in total. The highest BCUT2D eigenvalue weighted by molar-refractivity contribution is 7.17. The van der Waals surface area contributed by atoms with Gasteiger partial charge < -0.3 is 9.80 Å². The third-order valence-corrected chi connectivity index (χ3v) is 7.62. The zero-order chi connectivity index (χ0) is 21.3. The van der Waals surface area contributed by atoms with Gasteiger partial charge in [-0.1, -0.05) is 50.2 Å². The maximum absolute atomic E-state index is 13.3. The molecule has 2 aromatic carbocycles. The molecule has 1 aliphatic rings. The third kappa shape index (κ3) is 3.88. The van der Waals surface area contributed by atoms with E-state index in [0.29, 0.717) is 6.04 Å². The molecule has 0 atom stereocenters. The number of benzene rings is 2. The molecular formula is C25H31N3OS. The molecule has 0 N–H and O–H groups in total. The van der Waals surface area contributed by atoms with E-state index in [0.717, 1.165) is 60.2 Å². The van der Waals surface area contributed by atoms with Gasteiger partial charge in [-0.05, 0) is 56.1 Å². The van der Waals surface area contributed by atoms with Crippen molar-refractivity contribution in [2.75, 3.05) is 26.2 Å². The Morgan fingerprint density at radius 1 is 1.07 bits per heavy atom. The van der Waals surface area contributed by atoms with Crippen molar-refractivity contribution in [3.8, 4) is 10.6 Å². The first-order chi connectivity index (χ1) is 14.5. The van der Waals surface area contributed by atoms with Crippen LogP contribution >= 0.6 is 11.3 Å². The fourth-order valence-corrected chi connectivity index (χ4v) is 5.74. The molecule has 0 aliphatic carbocycles. The summed E-state index contributed by atoms with van der Waals surface area (Å²) in [6.07, 6.45) is 2.11. The van der Waals surface area contributed by atoms with Crippen molar-refractivity contribution < 1.29 is 4.79 Å². The first kappa shape index (κ1) is 21.0. The van der Waals surface area contributed by atoms with Crippen molar-refractivity contribution in [1.82, 2.24) is 14.8 Å². The molecule has 5 heteroatoms. The minimum absolute atomic E-state index is 0.144. The number of hydrogen-bond acceptors (Lipinski definition) is 4. The molecule has 0 spiro atoms. The Kier molecular flexibility index (Phi) is 6.21. The van der Waals surface area contributed by atoms with Crippen molar-refractivity contribution in [3.63, 3.8) is 0 Å². The number of aromatic nitrogens is 1. The van der Waals surface area contributed by atoms with Crippen LogP contribution < -0.4 is 0 Å². The maximum Gasteiger partial charge on any atom is 0.265 e. The summed E-state index contributed by atoms with van der Waals surface area (Å²) >= 11 is 1.54. The van der Waals surface area contributed by atoms with Gasteiger partial charge in [0.15, 0.2) is 0 Å². The monoisotopic (exact) mass is 421 g/mol. The van der Waals surface area contributed by atoms with Crippen LogP contribution in [0.25, 0.3) is 21.3 Å². The Labute approximate surface area is 183 Å². The molecule has 0 radical (unpaired) electrons. The van der Waals surface area contributed by atoms with Crippen LogP contribution in [0.5, 0.6) is 0 Å². The fourth-order valence-electron chi connectivity index (χ4n) is 4.66. The minimum atomic E-state index is 0.144. The highest BCUT2D eigenvalue weighted by Crippen LogP contribution is 2.35. The van der Waals surface area contributed by atoms with E-state index >= 15 is 0 Å². The number of fused-ring (bicyclic) bond motifs is 1. The van der Waals surface area contributed by atoms with E-state index in [9.17, 15) is 4.79 Å². The number of hydrogen-bond donors (Lipinski definition) is 0. The van der Waals surface area contributed by atoms with Crippen molar-refractivity contribution >= 4 is 28.0 Å². The van der Waals surface area contributed by atoms with Crippen LogP contribution in [0.15, 0.2) is 36.4 Å². The van der Waals surface area contributed by atoms with E-state index in [4.69, 9.17) is 4.98 Å². The predicted octanol–water partition coefficient (Wildman–Crippen LogP) is 5.53. The summed E-state index contributed by atoms with van der Waals surface area (Å²) < 4.78 is 0. The molecule has 1 aromatic heterocycles. The zero-order valence-electron chi connectivity index (χ0n) is 18.4. The van der Waals surface area contributed by atoms with E-state index in [1.54, 1.807) is 0 Å². The molecule has 3 aromatic rings. The lowest BCUT2D eigenvalue weighted by atomic mass is 10.0. The number of rotatable bonds is 5. The quantitative estimate of drug-likeness (QED) is 0.544. The van der Waals surface area contributed by atoms with Gasteiger partial charge in [-0.3, -0.25) is 4.79 Å². The molecule has 30 heavy (non-hydrogen) atoms. The topological polar surface area (TPSA) is 36.4 Å². The number of carbonyl (C=O) groups is 1. The number of piperidine rings is 1. The number of nitrogens with zero attached hydrogens (tertiary/aromatic N) is 3. The smallest absolute Gasteiger partial charge is 0.265 e. The van der Waals surface area contributed by atoms with E-state index in [1.165, 1.54) is 27.7 Å². The van der Waals surface area contributed by atoms with Crippen LogP contribution in [0.3, 0.4) is 0 Å². The summed E-state index contributed by atoms with van der Waals surface area (Å²) in [7, 11) is 0. The van der Waals surface area contributed by atoms with Gasteiger partial charge >= 0.3 is 0 Å². The number of amides is 1. The van der Waals surface area contributed by atoms with Crippen LogP contribution in [0, 0.1) is 13.8 Å². The molecular weight excluding hydrogens is 390 g/mol. The minimum Gasteiger partial charge on any atom is -0.338 e. The van der Waals surface area contributed by atoms with E-state index in [-0.39, 0.29) is 5.91 Å². The van der Waals surface area contributed by atoms with Crippen LogP contribution in [-0.2, 0) is 0 Å². The lowest BCUT2D eigenvalue weighted by molar-refractivity contribution is 0.0635. The van der Waals surface area contributed by atoms with E-state index in [1.807, 2.05) is 11.8 Å². The molecule has 0 bridgehead atoms. The van der Waals surface area contributed by atoms with Gasteiger partial charge in [-0.15, -0.1) is 11.3 Å². The van der Waals surface area contributed by atoms with Gasteiger partial charge in [0.25, 0.3) is 5.91 Å². The predicted molar refractivity (Wildman–Crippen MR) is 126 cm³/mol. The summed E-state index contributed by atoms with van der Waals surface area (Å²) in [6.45, 7) is 12.4. The average Bonchev–Trinajstić information content (AvgIpc) is 3.16. The Morgan fingerprint density at radius 3 is 2.40 bits per heavy atom. The first-order valence-corrected chi connectivity index (χ1v) is 11.8. The van der Waals surface area contributed by atoms with Crippen molar-refractivity contribution in [1.29, 1.82) is 0 Å². The standard InChI is InChI=1S/C25H31N3OS/c1-5-27(6-2)19-13-15-28(16-14-19)25(29)23-18(4)26-24(30-23)22-12-11-17(3)20-9-7-8-10-21(20)22/h7-12,19H,5-6,13-16H2,1-4H3. The van der Waals surface area contributed by atoms with Crippen molar-refractivity contribution in [3.05, 3.63) is 52.5 Å². The second kappa shape index (κ2) is 8.86. The van der Waals surface area contributed by atoms with Gasteiger partial charge in [0.2, 0.25) is 0 Å². The number of likely N-dealkylation sites (tertiary alicyclic amines) is 1. The molecule has 1 fully saturated rings. The van der Waals surface area contributed by atoms with E-state index in [2.05, 4.69) is 62.1 Å². The fraction of sp³-hybridized carbons (Fsp3) is 0.440. The molecule has 158 valence electrons. The second-order valence-electron chi connectivity index (χ2n) is 8.15. The van der Waals surface area contributed by atoms with Crippen LogP contribution in [0.1, 0.15) is 47.6 Å². The molecule has 2 heterocycles. The Balaban J connectivity index is 1.57. The Hall–Kier alpha value is -2.24. The van der Waals surface area contributed by atoms with Crippen LogP contribution in [-0.4, -0.2) is 52.9 Å². The summed E-state index contributed by atoms with van der Waals surface area (Å²) in [4.78, 5) is 23.4. The highest BCUT2D eigenvalue weighted by atomic mass is 32.1. The average molecular weight is 422 g/mol. The van der Waals surface area contributed by atoms with Gasteiger partial charge in [-0.2, -0.15) is 0 Å². The number of aryl methyl sites for hydroxylation is 2. The lowest BCUT2D eigenvalue weighted by Gasteiger charge is -2.37. The largest absolute Gasteiger partial charge is 0.338 e. The summed E-state index contributed by atoms with van der Waals surface area (Å²) in [5.74, 6) is 0.144. The maximum atomic E-state index is 13.3. The molecule has 1 amide bonds. The SMILES string of the molecule is CCN(CC)C1CCN(C(=O)c2sc(-c3ccc(C)c4ccccc34)nc2C)CC1. The van der Waals surface area contributed by atoms with Gasteiger partial charge in [0.05, 0.1) is 5.69 Å². The normalized spacial score (nSPS) is 15.3. The van der Waals surface area contributed by atoms with Gasteiger partial charge in [0, 0.05) is 24.7 Å². The molecule has 0 unspecified atom stereocenters. The zero-order valence-corrected chi connectivity index (χ0v) is 19.3. The van der Waals surface area contributed by atoms with E-state index < -0.39 is 0 Å². The molecule has 0 saturated carbocycles. The lowest BCUT2D eigenvalue weighted by Crippen LogP contribution is -2.46. The first-order valence-electron chi connectivity index (χ1n) is 11.0. The summed E-state index contributed by atoms with van der Waals surface area (Å²) in [5.41, 5.74) is 3.22. The van der Waals surface area contributed by atoms with Gasteiger partial charge in [-0.25, -0.2) is 4.98 Å². The number of thiazole rings is 1. The second-order valence-corrected chi connectivity index (χ2v) is 9.15. The molecule has 1 aliphatic heterocycles. The van der Waals surface area contributed by atoms with Gasteiger partial charge in [0.1, 0.15) is 9.88 Å². The number of carbonyl (C=O) groups excluding carboxylic acids is 1. The molecule has 1 saturated heterocycles.